The second-order valence-electron chi connectivity index (χ2n) is 4.85. The molecule has 2 N–H and O–H groups in total. The lowest BCUT2D eigenvalue weighted by molar-refractivity contribution is 0.417. The van der Waals surface area contributed by atoms with Crippen molar-refractivity contribution in [3.8, 4) is 5.75 Å². The summed E-state index contributed by atoms with van der Waals surface area (Å²) in [7, 11) is -1.53. The van der Waals surface area contributed by atoms with Crippen LogP contribution in [0.5, 0.6) is 5.75 Å². The van der Waals surface area contributed by atoms with Crippen LogP contribution >= 0.6 is 0 Å². The average molecular weight is 271 g/mol. The lowest BCUT2D eigenvalue weighted by Gasteiger charge is -2.09. The SMILES string of the molecule is COc1ccc(CS(=O)(=O)CCC(C)C)cc1N. The summed E-state index contributed by atoms with van der Waals surface area (Å²) in [6, 6.07) is 5.09. The van der Waals surface area contributed by atoms with Crippen LogP contribution in [0, 0.1) is 5.92 Å². The van der Waals surface area contributed by atoms with Crippen molar-refractivity contribution in [2.24, 2.45) is 5.92 Å². The quantitative estimate of drug-likeness (QED) is 0.806. The molecule has 0 aliphatic rings. The predicted octanol–water partition coefficient (Wildman–Crippen LogP) is 2.24. The molecule has 0 aliphatic carbocycles. The zero-order valence-corrected chi connectivity index (χ0v) is 12.0. The summed E-state index contributed by atoms with van der Waals surface area (Å²) in [6.45, 7) is 4.03. The van der Waals surface area contributed by atoms with Crippen LogP contribution in [0.4, 0.5) is 5.69 Å². The first kappa shape index (κ1) is 14.8. The number of methoxy groups -OCH3 is 1. The van der Waals surface area contributed by atoms with Crippen LogP contribution in [-0.2, 0) is 15.6 Å². The number of ether oxygens (including phenoxy) is 1. The van der Waals surface area contributed by atoms with E-state index in [2.05, 4.69) is 0 Å². The molecule has 0 fully saturated rings. The van der Waals surface area contributed by atoms with Gasteiger partial charge >= 0.3 is 0 Å². The van der Waals surface area contributed by atoms with E-state index in [1.165, 1.54) is 7.11 Å². The molecule has 0 saturated carbocycles. The molecule has 0 spiro atoms. The number of nitrogen functional groups attached to an aromatic ring is 1. The van der Waals surface area contributed by atoms with Gasteiger partial charge in [-0.3, -0.25) is 0 Å². The first-order chi connectivity index (χ1) is 8.34. The van der Waals surface area contributed by atoms with E-state index in [1.807, 2.05) is 13.8 Å². The number of sulfone groups is 1. The molecular weight excluding hydrogens is 250 g/mol. The monoisotopic (exact) mass is 271 g/mol. The fourth-order valence-corrected chi connectivity index (χ4v) is 3.28. The van der Waals surface area contributed by atoms with E-state index in [4.69, 9.17) is 10.5 Å². The lowest BCUT2D eigenvalue weighted by atomic mass is 10.2. The molecule has 0 amide bonds. The molecule has 0 atom stereocenters. The maximum Gasteiger partial charge on any atom is 0.154 e. The summed E-state index contributed by atoms with van der Waals surface area (Å²) in [5.41, 5.74) is 6.93. The van der Waals surface area contributed by atoms with Gasteiger partial charge in [0.15, 0.2) is 9.84 Å². The van der Waals surface area contributed by atoms with Gasteiger partial charge in [0.1, 0.15) is 5.75 Å². The minimum absolute atomic E-state index is 0.0356. The van der Waals surface area contributed by atoms with Crippen molar-refractivity contribution in [1.29, 1.82) is 0 Å². The standard InChI is InChI=1S/C13H21NO3S/c1-10(2)6-7-18(15,16)9-11-4-5-13(17-3)12(14)8-11/h4-5,8,10H,6-7,9,14H2,1-3H3. The van der Waals surface area contributed by atoms with E-state index in [9.17, 15) is 8.42 Å². The minimum atomic E-state index is -3.06. The van der Waals surface area contributed by atoms with Gasteiger partial charge in [0.25, 0.3) is 0 Å². The largest absolute Gasteiger partial charge is 0.495 e. The Morgan fingerprint density at radius 2 is 2.00 bits per heavy atom. The molecule has 1 aromatic rings. The minimum Gasteiger partial charge on any atom is -0.495 e. The van der Waals surface area contributed by atoms with E-state index in [1.54, 1.807) is 18.2 Å². The van der Waals surface area contributed by atoms with Crippen LogP contribution in [-0.4, -0.2) is 21.3 Å². The highest BCUT2D eigenvalue weighted by Crippen LogP contribution is 2.23. The van der Waals surface area contributed by atoms with E-state index >= 15 is 0 Å². The molecule has 0 unspecified atom stereocenters. The Hall–Kier alpha value is -1.23. The van der Waals surface area contributed by atoms with Crippen LogP contribution in [0.1, 0.15) is 25.8 Å². The highest BCUT2D eigenvalue weighted by Gasteiger charge is 2.13. The average Bonchev–Trinajstić information content (AvgIpc) is 2.26. The van der Waals surface area contributed by atoms with Crippen LogP contribution in [0.15, 0.2) is 18.2 Å². The van der Waals surface area contributed by atoms with Crippen molar-refractivity contribution in [2.45, 2.75) is 26.0 Å². The van der Waals surface area contributed by atoms with Gasteiger partial charge in [-0.25, -0.2) is 8.42 Å². The maximum absolute atomic E-state index is 11.9. The highest BCUT2D eigenvalue weighted by atomic mass is 32.2. The number of anilines is 1. The molecule has 0 aliphatic heterocycles. The van der Waals surface area contributed by atoms with Crippen LogP contribution in [0.2, 0.25) is 0 Å². The Kier molecular flexibility index (Phi) is 5.02. The Morgan fingerprint density at radius 3 is 2.50 bits per heavy atom. The fraction of sp³-hybridized carbons (Fsp3) is 0.538. The number of benzene rings is 1. The zero-order valence-electron chi connectivity index (χ0n) is 11.1. The van der Waals surface area contributed by atoms with Gasteiger partial charge in [-0.2, -0.15) is 0 Å². The third-order valence-corrected chi connectivity index (χ3v) is 4.32. The fourth-order valence-electron chi connectivity index (χ4n) is 1.61. The van der Waals surface area contributed by atoms with Gasteiger partial charge in [0, 0.05) is 0 Å². The summed E-state index contributed by atoms with van der Waals surface area (Å²) < 4.78 is 28.8. The summed E-state index contributed by atoms with van der Waals surface area (Å²) in [6.07, 6.45) is 0.688. The molecule has 102 valence electrons. The second kappa shape index (κ2) is 6.09. The second-order valence-corrected chi connectivity index (χ2v) is 7.03. The van der Waals surface area contributed by atoms with Gasteiger partial charge in [0.05, 0.1) is 24.3 Å². The molecule has 4 nitrogen and oxygen atoms in total. The number of nitrogens with two attached hydrogens (primary N) is 1. The van der Waals surface area contributed by atoms with Crippen molar-refractivity contribution >= 4 is 15.5 Å². The third-order valence-electron chi connectivity index (χ3n) is 2.69. The van der Waals surface area contributed by atoms with Crippen molar-refractivity contribution in [1.82, 2.24) is 0 Å². The number of hydrogen-bond acceptors (Lipinski definition) is 4. The van der Waals surface area contributed by atoms with E-state index in [-0.39, 0.29) is 11.5 Å². The van der Waals surface area contributed by atoms with Gasteiger partial charge < -0.3 is 10.5 Å². The van der Waals surface area contributed by atoms with Gasteiger partial charge in [0.2, 0.25) is 0 Å². The maximum atomic E-state index is 11.9. The van der Waals surface area contributed by atoms with E-state index in [0.717, 1.165) is 0 Å². The predicted molar refractivity (Wildman–Crippen MR) is 74.4 cm³/mol. The number of hydrogen-bond donors (Lipinski definition) is 1. The van der Waals surface area contributed by atoms with Crippen LogP contribution in [0.3, 0.4) is 0 Å². The van der Waals surface area contributed by atoms with Crippen LogP contribution < -0.4 is 10.5 Å². The third kappa shape index (κ3) is 4.56. The molecule has 1 rings (SSSR count). The Bertz CT molecular complexity index is 495. The van der Waals surface area contributed by atoms with Crippen molar-refractivity contribution in [2.75, 3.05) is 18.6 Å². The van der Waals surface area contributed by atoms with E-state index in [0.29, 0.717) is 29.3 Å². The van der Waals surface area contributed by atoms with Gasteiger partial charge in [-0.05, 0) is 30.0 Å². The molecular formula is C13H21NO3S. The van der Waals surface area contributed by atoms with Crippen molar-refractivity contribution in [3.05, 3.63) is 23.8 Å². The Labute approximate surface area is 109 Å². The summed E-state index contributed by atoms with van der Waals surface area (Å²) in [4.78, 5) is 0. The molecule has 5 heteroatoms. The lowest BCUT2D eigenvalue weighted by Crippen LogP contribution is -2.11. The summed E-state index contributed by atoms with van der Waals surface area (Å²) in [5.74, 6) is 1.21. The first-order valence-corrected chi connectivity index (χ1v) is 7.79. The first-order valence-electron chi connectivity index (χ1n) is 5.97. The summed E-state index contributed by atoms with van der Waals surface area (Å²) >= 11 is 0. The van der Waals surface area contributed by atoms with Gasteiger partial charge in [-0.1, -0.05) is 19.9 Å². The molecule has 1 aromatic carbocycles. The number of rotatable bonds is 6. The Balaban J connectivity index is 2.75. The highest BCUT2D eigenvalue weighted by molar-refractivity contribution is 7.90. The molecule has 0 saturated heterocycles. The van der Waals surface area contributed by atoms with Crippen molar-refractivity contribution in [3.63, 3.8) is 0 Å². The van der Waals surface area contributed by atoms with Gasteiger partial charge in [-0.15, -0.1) is 0 Å². The summed E-state index contributed by atoms with van der Waals surface area (Å²) in [5, 5.41) is 0. The normalized spacial score (nSPS) is 11.8. The molecule has 0 bridgehead atoms. The zero-order chi connectivity index (χ0) is 13.8. The molecule has 0 heterocycles. The molecule has 0 radical (unpaired) electrons. The molecule has 18 heavy (non-hydrogen) atoms. The Morgan fingerprint density at radius 1 is 1.33 bits per heavy atom. The van der Waals surface area contributed by atoms with Crippen LogP contribution in [0.25, 0.3) is 0 Å². The molecule has 0 aromatic heterocycles. The topological polar surface area (TPSA) is 69.4 Å². The smallest absolute Gasteiger partial charge is 0.154 e. The van der Waals surface area contributed by atoms with Crippen molar-refractivity contribution < 1.29 is 13.2 Å². The van der Waals surface area contributed by atoms with E-state index < -0.39 is 9.84 Å².